The molecular formula is C15H10ClN5OS. The van der Waals surface area contributed by atoms with Gasteiger partial charge in [-0.25, -0.2) is 9.97 Å². The minimum Gasteiger partial charge on any atom is -0.334 e. The number of nitrogens with zero attached hydrogens (tertiary/aromatic N) is 2. The number of H-pyrrole nitrogens is 1. The van der Waals surface area contributed by atoms with Gasteiger partial charge in [0.1, 0.15) is 0 Å². The smallest absolute Gasteiger partial charge is 0.305 e. The summed E-state index contributed by atoms with van der Waals surface area (Å²) in [6.07, 6.45) is 0. The Morgan fingerprint density at radius 3 is 2.87 bits per heavy atom. The summed E-state index contributed by atoms with van der Waals surface area (Å²) in [5, 5.41) is 1.20. The number of para-hydroxylation sites is 2. The van der Waals surface area contributed by atoms with Crippen molar-refractivity contribution in [2.45, 2.75) is 0 Å². The molecule has 4 rings (SSSR count). The Labute approximate surface area is 139 Å². The maximum Gasteiger partial charge on any atom is 0.305 e. The maximum absolute atomic E-state index is 12.1. The number of halogens is 1. The van der Waals surface area contributed by atoms with Crippen molar-refractivity contribution in [2.24, 2.45) is 0 Å². The first-order valence-electron chi connectivity index (χ1n) is 6.76. The number of aromatic amines is 1. The van der Waals surface area contributed by atoms with Crippen molar-refractivity contribution < 1.29 is 4.79 Å². The molecule has 2 heterocycles. The highest BCUT2D eigenvalue weighted by Gasteiger charge is 2.12. The van der Waals surface area contributed by atoms with Gasteiger partial charge in [-0.1, -0.05) is 35.1 Å². The van der Waals surface area contributed by atoms with E-state index < -0.39 is 0 Å². The Morgan fingerprint density at radius 2 is 2.00 bits per heavy atom. The zero-order valence-corrected chi connectivity index (χ0v) is 13.2. The van der Waals surface area contributed by atoms with Gasteiger partial charge in [0.25, 0.3) is 0 Å². The zero-order valence-electron chi connectivity index (χ0n) is 11.6. The molecule has 0 bridgehead atoms. The van der Waals surface area contributed by atoms with Crippen LogP contribution in [-0.4, -0.2) is 20.9 Å². The van der Waals surface area contributed by atoms with Gasteiger partial charge in [-0.2, -0.15) is 0 Å². The number of rotatable bonds is 3. The lowest BCUT2D eigenvalue weighted by molar-refractivity contribution is 0.0953. The van der Waals surface area contributed by atoms with Crippen molar-refractivity contribution in [3.05, 3.63) is 53.3 Å². The van der Waals surface area contributed by atoms with Crippen molar-refractivity contribution in [2.75, 3.05) is 5.43 Å². The third-order valence-electron chi connectivity index (χ3n) is 3.24. The molecule has 8 heteroatoms. The molecule has 1 amide bonds. The van der Waals surface area contributed by atoms with Gasteiger partial charge >= 0.3 is 5.91 Å². The lowest BCUT2D eigenvalue weighted by atomic mass is 10.3. The molecule has 0 saturated carbocycles. The molecule has 2 aromatic heterocycles. The lowest BCUT2D eigenvalue weighted by Gasteiger charge is -2.02. The third-order valence-corrected chi connectivity index (χ3v) is 4.42. The van der Waals surface area contributed by atoms with Crippen LogP contribution in [0, 0.1) is 0 Å². The monoisotopic (exact) mass is 343 g/mol. The van der Waals surface area contributed by atoms with Crippen LogP contribution in [0.3, 0.4) is 0 Å². The van der Waals surface area contributed by atoms with Crippen LogP contribution in [0.15, 0.2) is 42.5 Å². The molecule has 0 spiro atoms. The average molecular weight is 344 g/mol. The Kier molecular flexibility index (Phi) is 3.36. The molecule has 0 aliphatic heterocycles. The number of hydrazine groups is 1. The molecular weight excluding hydrogens is 334 g/mol. The van der Waals surface area contributed by atoms with Gasteiger partial charge in [0.15, 0.2) is 5.82 Å². The van der Waals surface area contributed by atoms with Crippen LogP contribution < -0.4 is 10.9 Å². The highest BCUT2D eigenvalue weighted by Crippen LogP contribution is 2.27. The summed E-state index contributed by atoms with van der Waals surface area (Å²) >= 11 is 7.36. The van der Waals surface area contributed by atoms with Gasteiger partial charge < -0.3 is 4.98 Å². The summed E-state index contributed by atoms with van der Waals surface area (Å²) < 4.78 is 0.981. The summed E-state index contributed by atoms with van der Waals surface area (Å²) in [6.45, 7) is 0. The molecule has 2 aromatic carbocycles. The quantitative estimate of drug-likeness (QED) is 0.496. The topological polar surface area (TPSA) is 82.7 Å². The van der Waals surface area contributed by atoms with Crippen LogP contribution in [-0.2, 0) is 0 Å². The van der Waals surface area contributed by atoms with E-state index in [1.54, 1.807) is 12.1 Å². The number of benzene rings is 2. The normalized spacial score (nSPS) is 11.0. The minimum absolute atomic E-state index is 0.239. The fourth-order valence-corrected chi connectivity index (χ4v) is 3.15. The van der Waals surface area contributed by atoms with E-state index in [-0.39, 0.29) is 11.7 Å². The predicted octanol–water partition coefficient (Wildman–Crippen LogP) is 3.58. The van der Waals surface area contributed by atoms with Crippen LogP contribution in [0.4, 0.5) is 5.13 Å². The fraction of sp³-hybridized carbons (Fsp3) is 0. The number of fused-ring (bicyclic) bond motifs is 2. The van der Waals surface area contributed by atoms with E-state index in [1.807, 2.05) is 30.3 Å². The standard InChI is InChI=1S/C15H10ClN5OS/c16-8-5-6-12-11(7-8)19-15(23-12)21-20-14(22)13-17-9-3-1-2-4-10(9)18-13/h1-7H,(H,17,18)(H,19,21)(H,20,22). The molecule has 6 nitrogen and oxygen atoms in total. The van der Waals surface area contributed by atoms with Crippen molar-refractivity contribution >= 4 is 55.2 Å². The summed E-state index contributed by atoms with van der Waals surface area (Å²) in [7, 11) is 0. The maximum atomic E-state index is 12.1. The molecule has 114 valence electrons. The minimum atomic E-state index is -0.363. The van der Waals surface area contributed by atoms with Crippen LogP contribution in [0.5, 0.6) is 0 Å². The molecule has 0 aliphatic rings. The van der Waals surface area contributed by atoms with Crippen molar-refractivity contribution in [3.63, 3.8) is 0 Å². The van der Waals surface area contributed by atoms with Gasteiger partial charge in [-0.3, -0.25) is 15.6 Å². The number of carbonyl (C=O) groups excluding carboxylic acids is 1. The molecule has 0 saturated heterocycles. The average Bonchev–Trinajstić information content (AvgIpc) is 3.15. The molecule has 4 aromatic rings. The zero-order chi connectivity index (χ0) is 15.8. The van der Waals surface area contributed by atoms with Gasteiger partial charge in [0.05, 0.1) is 21.3 Å². The number of thiazole rings is 1. The second-order valence-corrected chi connectivity index (χ2v) is 6.28. The number of hydrogen-bond donors (Lipinski definition) is 3. The second kappa shape index (κ2) is 5.53. The number of hydrogen-bond acceptors (Lipinski definition) is 5. The van der Waals surface area contributed by atoms with Crippen molar-refractivity contribution in [1.29, 1.82) is 0 Å². The molecule has 0 unspecified atom stereocenters. The van der Waals surface area contributed by atoms with Crippen LogP contribution in [0.2, 0.25) is 5.02 Å². The Morgan fingerprint density at radius 1 is 1.13 bits per heavy atom. The van der Waals surface area contributed by atoms with Gasteiger partial charge in [0, 0.05) is 5.02 Å². The molecule has 0 atom stereocenters. The third kappa shape index (κ3) is 2.71. The Bertz CT molecular complexity index is 992. The first-order chi connectivity index (χ1) is 11.2. The number of imidazole rings is 1. The predicted molar refractivity (Wildman–Crippen MR) is 91.8 cm³/mol. The van der Waals surface area contributed by atoms with Crippen molar-refractivity contribution in [3.8, 4) is 0 Å². The summed E-state index contributed by atoms with van der Waals surface area (Å²) in [5.74, 6) is -0.124. The molecule has 0 fully saturated rings. The number of nitrogens with one attached hydrogen (secondary N) is 3. The largest absolute Gasteiger partial charge is 0.334 e. The molecule has 3 N–H and O–H groups in total. The number of carbonyl (C=O) groups is 1. The van der Waals surface area contributed by atoms with E-state index in [0.29, 0.717) is 10.2 Å². The molecule has 23 heavy (non-hydrogen) atoms. The van der Waals surface area contributed by atoms with Crippen LogP contribution in [0.25, 0.3) is 21.3 Å². The first kappa shape index (κ1) is 14.0. The van der Waals surface area contributed by atoms with E-state index in [1.165, 1.54) is 11.3 Å². The number of anilines is 1. The van der Waals surface area contributed by atoms with E-state index in [0.717, 1.165) is 21.3 Å². The summed E-state index contributed by atoms with van der Waals surface area (Å²) in [6, 6.07) is 12.9. The first-order valence-corrected chi connectivity index (χ1v) is 7.96. The fourth-order valence-electron chi connectivity index (χ4n) is 2.18. The molecule has 0 radical (unpaired) electrons. The van der Waals surface area contributed by atoms with Crippen LogP contribution in [0.1, 0.15) is 10.6 Å². The number of aromatic nitrogens is 3. The van der Waals surface area contributed by atoms with Gasteiger partial charge in [0.2, 0.25) is 5.13 Å². The Balaban J connectivity index is 1.51. The second-order valence-electron chi connectivity index (χ2n) is 4.81. The highest BCUT2D eigenvalue weighted by molar-refractivity contribution is 7.22. The summed E-state index contributed by atoms with van der Waals surface area (Å²) in [4.78, 5) is 23.7. The van der Waals surface area contributed by atoms with Gasteiger partial charge in [-0.15, -0.1) is 0 Å². The van der Waals surface area contributed by atoms with E-state index in [9.17, 15) is 4.79 Å². The van der Waals surface area contributed by atoms with E-state index >= 15 is 0 Å². The summed E-state index contributed by atoms with van der Waals surface area (Å²) in [5.41, 5.74) is 7.72. The van der Waals surface area contributed by atoms with Crippen LogP contribution >= 0.6 is 22.9 Å². The lowest BCUT2D eigenvalue weighted by Crippen LogP contribution is -2.30. The highest BCUT2D eigenvalue weighted by atomic mass is 35.5. The van der Waals surface area contributed by atoms with E-state index in [4.69, 9.17) is 11.6 Å². The van der Waals surface area contributed by atoms with Gasteiger partial charge in [-0.05, 0) is 30.3 Å². The number of amides is 1. The van der Waals surface area contributed by atoms with E-state index in [2.05, 4.69) is 25.8 Å². The Hall–Kier alpha value is -2.64. The molecule has 0 aliphatic carbocycles. The van der Waals surface area contributed by atoms with Crippen molar-refractivity contribution in [1.82, 2.24) is 20.4 Å². The SMILES string of the molecule is O=C(NNc1nc2cc(Cl)ccc2s1)c1nc2ccccc2[nH]1.